The molecule has 0 N–H and O–H groups in total. The molecule has 0 aliphatic heterocycles. The van der Waals surface area contributed by atoms with E-state index in [4.69, 9.17) is 16.0 Å². The van der Waals surface area contributed by atoms with Crippen LogP contribution < -0.4 is 4.74 Å². The first-order chi connectivity index (χ1) is 7.35. The molecule has 3 nitrogen and oxygen atoms in total. The van der Waals surface area contributed by atoms with Gasteiger partial charge < -0.3 is 9.15 Å². The maximum atomic E-state index is 12.0. The zero-order chi connectivity index (χ0) is 11.9. The molecule has 0 saturated carbocycles. The molecule has 0 radical (unpaired) electrons. The Balaban J connectivity index is 2.49. The predicted molar refractivity (Wildman–Crippen MR) is 50.4 cm³/mol. The van der Waals surface area contributed by atoms with Crippen LogP contribution in [0.3, 0.4) is 0 Å². The summed E-state index contributed by atoms with van der Waals surface area (Å²) in [4.78, 5) is 3.92. The molecule has 7 heteroatoms. The van der Waals surface area contributed by atoms with Crippen molar-refractivity contribution in [3.8, 4) is 5.75 Å². The maximum absolute atomic E-state index is 12.0. The molecule has 0 unspecified atom stereocenters. The Morgan fingerprint density at radius 2 is 2.06 bits per heavy atom. The third kappa shape index (κ3) is 2.21. The van der Waals surface area contributed by atoms with Crippen molar-refractivity contribution in [2.24, 2.45) is 0 Å². The average Bonchev–Trinajstić information content (AvgIpc) is 2.42. The van der Waals surface area contributed by atoms with Crippen molar-refractivity contribution >= 4 is 22.7 Å². The molecule has 2 aromatic rings. The zero-order valence-corrected chi connectivity index (χ0v) is 8.69. The molecule has 1 aromatic heterocycles. The summed E-state index contributed by atoms with van der Waals surface area (Å²) in [6, 6.07) is 2.32. The van der Waals surface area contributed by atoms with Gasteiger partial charge in [-0.15, -0.1) is 13.2 Å². The average molecular weight is 252 g/mol. The molecule has 0 amide bonds. The lowest BCUT2D eigenvalue weighted by Gasteiger charge is -2.09. The quantitative estimate of drug-likeness (QED) is 0.775. The molecule has 0 atom stereocenters. The van der Waals surface area contributed by atoms with Gasteiger partial charge in [0.15, 0.2) is 17.2 Å². The molecule has 0 aliphatic carbocycles. The van der Waals surface area contributed by atoms with Gasteiger partial charge in [-0.05, 0) is 6.07 Å². The summed E-state index contributed by atoms with van der Waals surface area (Å²) in [6.07, 6.45) is -4.79. The Labute approximate surface area is 92.8 Å². The van der Waals surface area contributed by atoms with E-state index in [1.807, 2.05) is 0 Å². The van der Waals surface area contributed by atoms with Gasteiger partial charge in [-0.1, -0.05) is 11.6 Å². The van der Waals surface area contributed by atoms with Crippen molar-refractivity contribution < 1.29 is 22.3 Å². The van der Waals surface area contributed by atoms with E-state index in [0.29, 0.717) is 11.4 Å². The fourth-order valence-electron chi connectivity index (χ4n) is 1.25. The van der Waals surface area contributed by atoms with Gasteiger partial charge in [0.05, 0.1) is 5.02 Å². The molecule has 0 aliphatic rings. The minimum Gasteiger partial charge on any atom is -0.441 e. The summed E-state index contributed by atoms with van der Waals surface area (Å²) >= 11 is 5.61. The van der Waals surface area contributed by atoms with Crippen LogP contribution in [0.5, 0.6) is 5.75 Å². The van der Waals surface area contributed by atoms with Crippen LogP contribution in [-0.2, 0) is 0 Å². The number of hydrogen-bond donors (Lipinski definition) is 0. The van der Waals surface area contributed by atoms with Gasteiger partial charge in [-0.25, -0.2) is 4.98 Å². The molecular weight excluding hydrogens is 247 g/mol. The smallest absolute Gasteiger partial charge is 0.441 e. The summed E-state index contributed by atoms with van der Waals surface area (Å²) in [6.45, 7) is 1.58. The van der Waals surface area contributed by atoms with Crippen molar-refractivity contribution in [2.75, 3.05) is 0 Å². The molecule has 0 bridgehead atoms. The van der Waals surface area contributed by atoms with Crippen molar-refractivity contribution in [3.63, 3.8) is 0 Å². The minimum absolute atomic E-state index is 0.168. The second kappa shape index (κ2) is 3.55. The second-order valence-corrected chi connectivity index (χ2v) is 3.44. The fraction of sp³-hybridized carbons (Fsp3) is 0.222. The first-order valence-corrected chi connectivity index (χ1v) is 4.55. The number of alkyl halides is 3. The summed E-state index contributed by atoms with van der Waals surface area (Å²) in [5, 5.41) is -0.168. The summed E-state index contributed by atoms with van der Waals surface area (Å²) in [7, 11) is 0. The molecule has 2 rings (SSSR count). The second-order valence-electron chi connectivity index (χ2n) is 3.03. The van der Waals surface area contributed by atoms with E-state index >= 15 is 0 Å². The van der Waals surface area contributed by atoms with Gasteiger partial charge in [0.25, 0.3) is 0 Å². The van der Waals surface area contributed by atoms with Crippen molar-refractivity contribution in [2.45, 2.75) is 13.3 Å². The first kappa shape index (κ1) is 11.1. The van der Waals surface area contributed by atoms with Crippen LogP contribution in [0.25, 0.3) is 11.1 Å². The maximum Gasteiger partial charge on any atom is 0.573 e. The third-order valence-electron chi connectivity index (χ3n) is 1.77. The van der Waals surface area contributed by atoms with E-state index in [2.05, 4.69) is 9.72 Å². The Kier molecular flexibility index (Phi) is 2.46. The van der Waals surface area contributed by atoms with Crippen LogP contribution in [0, 0.1) is 6.92 Å². The van der Waals surface area contributed by atoms with E-state index in [9.17, 15) is 13.2 Å². The number of aromatic nitrogens is 1. The van der Waals surface area contributed by atoms with Gasteiger partial charge in [-0.2, -0.15) is 0 Å². The standard InChI is InChI=1S/C9H5ClF3NO2/c1-4-14-6-2-5(10)7(3-8(6)15-4)16-9(11,12)13/h2-3H,1H3. The highest BCUT2D eigenvalue weighted by Crippen LogP contribution is 2.33. The monoisotopic (exact) mass is 251 g/mol. The number of nitrogens with zero attached hydrogens (tertiary/aromatic N) is 1. The number of aryl methyl sites for hydroxylation is 1. The highest BCUT2D eigenvalue weighted by atomic mass is 35.5. The van der Waals surface area contributed by atoms with E-state index < -0.39 is 12.1 Å². The molecule has 0 spiro atoms. The highest BCUT2D eigenvalue weighted by Gasteiger charge is 2.32. The molecule has 0 fully saturated rings. The van der Waals surface area contributed by atoms with E-state index in [-0.39, 0.29) is 10.6 Å². The molecular formula is C9H5ClF3NO2. The lowest BCUT2D eigenvalue weighted by molar-refractivity contribution is -0.274. The highest BCUT2D eigenvalue weighted by molar-refractivity contribution is 6.32. The van der Waals surface area contributed by atoms with E-state index in [1.54, 1.807) is 6.92 Å². The van der Waals surface area contributed by atoms with E-state index in [1.165, 1.54) is 6.07 Å². The minimum atomic E-state index is -4.79. The fourth-order valence-corrected chi connectivity index (χ4v) is 1.44. The van der Waals surface area contributed by atoms with E-state index in [0.717, 1.165) is 6.07 Å². The number of benzene rings is 1. The number of halogens is 4. The number of oxazole rings is 1. The topological polar surface area (TPSA) is 35.3 Å². The van der Waals surface area contributed by atoms with Gasteiger partial charge in [-0.3, -0.25) is 0 Å². The van der Waals surface area contributed by atoms with Crippen LogP contribution in [0.1, 0.15) is 5.89 Å². The Hall–Kier alpha value is -1.43. The largest absolute Gasteiger partial charge is 0.573 e. The van der Waals surface area contributed by atoms with Gasteiger partial charge >= 0.3 is 6.36 Å². The van der Waals surface area contributed by atoms with Crippen molar-refractivity contribution in [1.29, 1.82) is 0 Å². The lowest BCUT2D eigenvalue weighted by Crippen LogP contribution is -2.17. The molecule has 86 valence electrons. The zero-order valence-electron chi connectivity index (χ0n) is 7.93. The number of rotatable bonds is 1. The van der Waals surface area contributed by atoms with Gasteiger partial charge in [0.2, 0.25) is 0 Å². The Morgan fingerprint density at radius 3 is 2.69 bits per heavy atom. The third-order valence-corrected chi connectivity index (χ3v) is 2.07. The Bertz CT molecular complexity index is 535. The van der Waals surface area contributed by atoms with Crippen LogP contribution in [0.2, 0.25) is 5.02 Å². The molecule has 1 heterocycles. The first-order valence-electron chi connectivity index (χ1n) is 4.17. The summed E-state index contributed by atoms with van der Waals surface area (Å²) < 4.78 is 44.8. The molecule has 0 saturated heterocycles. The van der Waals surface area contributed by atoms with Gasteiger partial charge in [0, 0.05) is 13.0 Å². The van der Waals surface area contributed by atoms with Crippen LogP contribution in [0.15, 0.2) is 16.5 Å². The normalized spacial score (nSPS) is 12.1. The lowest BCUT2D eigenvalue weighted by atomic mass is 10.3. The van der Waals surface area contributed by atoms with Crippen LogP contribution in [0.4, 0.5) is 13.2 Å². The van der Waals surface area contributed by atoms with Crippen molar-refractivity contribution in [3.05, 3.63) is 23.0 Å². The molecule has 1 aromatic carbocycles. The Morgan fingerprint density at radius 1 is 1.38 bits per heavy atom. The predicted octanol–water partition coefficient (Wildman–Crippen LogP) is 3.69. The number of ether oxygens (including phenoxy) is 1. The van der Waals surface area contributed by atoms with Crippen LogP contribution >= 0.6 is 11.6 Å². The SMILES string of the molecule is Cc1nc2cc(Cl)c(OC(F)(F)F)cc2o1. The van der Waals surface area contributed by atoms with Crippen molar-refractivity contribution in [1.82, 2.24) is 4.98 Å². The molecule has 16 heavy (non-hydrogen) atoms. The van der Waals surface area contributed by atoms with Gasteiger partial charge in [0.1, 0.15) is 5.52 Å². The number of hydrogen-bond acceptors (Lipinski definition) is 3. The summed E-state index contributed by atoms with van der Waals surface area (Å²) in [5.41, 5.74) is 0.582. The summed E-state index contributed by atoms with van der Waals surface area (Å²) in [5.74, 6) is -0.159. The van der Waals surface area contributed by atoms with Crippen LogP contribution in [-0.4, -0.2) is 11.3 Å². The number of fused-ring (bicyclic) bond motifs is 1.